The molecule has 0 fully saturated rings. The molecule has 0 spiro atoms. The van der Waals surface area contributed by atoms with Crippen molar-refractivity contribution in [3.8, 4) is 0 Å². The summed E-state index contributed by atoms with van der Waals surface area (Å²) < 4.78 is 0. The van der Waals surface area contributed by atoms with Gasteiger partial charge in [-0.25, -0.2) is 0 Å². The second-order valence-electron chi connectivity index (χ2n) is 5.90. The maximum atomic E-state index is 3.48. The molecule has 1 N–H and O–H groups in total. The van der Waals surface area contributed by atoms with E-state index in [9.17, 15) is 0 Å². The summed E-state index contributed by atoms with van der Waals surface area (Å²) in [7, 11) is 2.12. The highest BCUT2D eigenvalue weighted by molar-refractivity contribution is 4.70. The third-order valence-corrected chi connectivity index (χ3v) is 4.32. The summed E-state index contributed by atoms with van der Waals surface area (Å²) in [5.41, 5.74) is 0. The molecule has 0 aliphatic rings. The fraction of sp³-hybridized carbons (Fsp3) is 1.00. The standard InChI is InChI=1S/C17H37N/c1-5-7-8-9-10-11-12-13-14-15-17(18-4)16(3)6-2/h16-18H,5-15H2,1-4H3. The molecule has 2 unspecified atom stereocenters. The van der Waals surface area contributed by atoms with Gasteiger partial charge < -0.3 is 5.32 Å². The van der Waals surface area contributed by atoms with Crippen molar-refractivity contribution in [1.82, 2.24) is 5.32 Å². The Hall–Kier alpha value is -0.0400. The van der Waals surface area contributed by atoms with Gasteiger partial charge in [-0.3, -0.25) is 0 Å². The van der Waals surface area contributed by atoms with Crippen LogP contribution in [0.15, 0.2) is 0 Å². The molecule has 18 heavy (non-hydrogen) atoms. The zero-order valence-corrected chi connectivity index (χ0v) is 13.4. The van der Waals surface area contributed by atoms with E-state index in [0.29, 0.717) is 0 Å². The van der Waals surface area contributed by atoms with Gasteiger partial charge in [0.1, 0.15) is 0 Å². The van der Waals surface area contributed by atoms with Crippen molar-refractivity contribution in [2.45, 2.75) is 97.4 Å². The van der Waals surface area contributed by atoms with Crippen molar-refractivity contribution in [3.05, 3.63) is 0 Å². The van der Waals surface area contributed by atoms with Gasteiger partial charge in [-0.05, 0) is 19.4 Å². The molecular formula is C17H37N. The number of unbranched alkanes of at least 4 members (excludes halogenated alkanes) is 8. The average Bonchev–Trinajstić information content (AvgIpc) is 2.40. The van der Waals surface area contributed by atoms with Gasteiger partial charge in [0.05, 0.1) is 0 Å². The summed E-state index contributed by atoms with van der Waals surface area (Å²) in [6, 6.07) is 0.736. The van der Waals surface area contributed by atoms with E-state index in [1.54, 1.807) is 0 Å². The quantitative estimate of drug-likeness (QED) is 0.426. The number of nitrogens with one attached hydrogen (secondary N) is 1. The number of hydrogen-bond acceptors (Lipinski definition) is 1. The van der Waals surface area contributed by atoms with Crippen LogP contribution in [0.5, 0.6) is 0 Å². The Labute approximate surface area is 116 Å². The van der Waals surface area contributed by atoms with Crippen LogP contribution in [0, 0.1) is 5.92 Å². The zero-order valence-electron chi connectivity index (χ0n) is 13.4. The molecule has 1 nitrogen and oxygen atoms in total. The van der Waals surface area contributed by atoms with Crippen LogP contribution in [0.1, 0.15) is 91.4 Å². The maximum absolute atomic E-state index is 3.48. The highest BCUT2D eigenvalue weighted by Crippen LogP contribution is 2.16. The Morgan fingerprint density at radius 2 is 1.28 bits per heavy atom. The van der Waals surface area contributed by atoms with Crippen LogP contribution in [0.2, 0.25) is 0 Å². The smallest absolute Gasteiger partial charge is 0.00895 e. The lowest BCUT2D eigenvalue weighted by Gasteiger charge is -2.22. The van der Waals surface area contributed by atoms with E-state index in [1.807, 2.05) is 0 Å². The van der Waals surface area contributed by atoms with Crippen LogP contribution in [0.4, 0.5) is 0 Å². The summed E-state index contributed by atoms with van der Waals surface area (Å²) in [4.78, 5) is 0. The number of hydrogen-bond donors (Lipinski definition) is 1. The van der Waals surface area contributed by atoms with E-state index in [-0.39, 0.29) is 0 Å². The predicted octanol–water partition coefficient (Wildman–Crippen LogP) is 5.54. The molecule has 0 amide bonds. The summed E-state index contributed by atoms with van der Waals surface area (Å²) in [6.45, 7) is 6.95. The number of rotatable bonds is 13. The van der Waals surface area contributed by atoms with Gasteiger partial charge in [-0.1, -0.05) is 85.0 Å². The molecule has 0 aliphatic heterocycles. The third-order valence-electron chi connectivity index (χ3n) is 4.32. The molecular weight excluding hydrogens is 218 g/mol. The van der Waals surface area contributed by atoms with Crippen molar-refractivity contribution < 1.29 is 0 Å². The second kappa shape index (κ2) is 13.4. The van der Waals surface area contributed by atoms with Crippen molar-refractivity contribution in [2.75, 3.05) is 7.05 Å². The molecule has 0 radical (unpaired) electrons. The molecule has 0 saturated heterocycles. The predicted molar refractivity (Wildman–Crippen MR) is 84.1 cm³/mol. The SMILES string of the molecule is CCCCCCCCCCCC(NC)C(C)CC. The van der Waals surface area contributed by atoms with E-state index in [4.69, 9.17) is 0 Å². The normalized spacial score (nSPS) is 14.7. The van der Waals surface area contributed by atoms with Gasteiger partial charge in [0.25, 0.3) is 0 Å². The van der Waals surface area contributed by atoms with Crippen molar-refractivity contribution in [2.24, 2.45) is 5.92 Å². The molecule has 0 rings (SSSR count). The van der Waals surface area contributed by atoms with Gasteiger partial charge in [0.15, 0.2) is 0 Å². The highest BCUT2D eigenvalue weighted by atomic mass is 14.9. The summed E-state index contributed by atoms with van der Waals surface area (Å²) >= 11 is 0. The lowest BCUT2D eigenvalue weighted by Crippen LogP contribution is -2.31. The van der Waals surface area contributed by atoms with Gasteiger partial charge >= 0.3 is 0 Å². The molecule has 0 aromatic heterocycles. The largest absolute Gasteiger partial charge is 0.317 e. The van der Waals surface area contributed by atoms with Gasteiger partial charge in [0.2, 0.25) is 0 Å². The van der Waals surface area contributed by atoms with Crippen molar-refractivity contribution in [3.63, 3.8) is 0 Å². The third kappa shape index (κ3) is 9.94. The Bertz CT molecular complexity index is 156. The second-order valence-corrected chi connectivity index (χ2v) is 5.90. The minimum atomic E-state index is 0.736. The first-order valence-corrected chi connectivity index (χ1v) is 8.43. The van der Waals surface area contributed by atoms with Crippen molar-refractivity contribution in [1.29, 1.82) is 0 Å². The first-order valence-electron chi connectivity index (χ1n) is 8.43. The van der Waals surface area contributed by atoms with E-state index in [1.165, 1.54) is 70.6 Å². The zero-order chi connectivity index (χ0) is 13.6. The van der Waals surface area contributed by atoms with Gasteiger partial charge in [-0.15, -0.1) is 0 Å². The van der Waals surface area contributed by atoms with E-state index in [2.05, 4.69) is 33.1 Å². The fourth-order valence-electron chi connectivity index (χ4n) is 2.67. The maximum Gasteiger partial charge on any atom is 0.00895 e. The minimum absolute atomic E-state index is 0.736. The Kier molecular flexibility index (Phi) is 13.4. The molecule has 110 valence electrons. The summed E-state index contributed by atoms with van der Waals surface area (Å²) in [5.74, 6) is 0.823. The molecule has 0 aromatic rings. The van der Waals surface area contributed by atoms with Crippen LogP contribution >= 0.6 is 0 Å². The highest BCUT2D eigenvalue weighted by Gasteiger charge is 2.12. The first-order chi connectivity index (χ1) is 8.76. The molecule has 2 atom stereocenters. The van der Waals surface area contributed by atoms with Crippen LogP contribution in [0.25, 0.3) is 0 Å². The molecule has 0 saturated carbocycles. The first kappa shape index (κ1) is 18.0. The fourth-order valence-corrected chi connectivity index (χ4v) is 2.67. The summed E-state index contributed by atoms with van der Waals surface area (Å²) in [6.07, 6.45) is 15.6. The Morgan fingerprint density at radius 1 is 0.778 bits per heavy atom. The monoisotopic (exact) mass is 255 g/mol. The Balaban J connectivity index is 3.28. The van der Waals surface area contributed by atoms with E-state index < -0.39 is 0 Å². The average molecular weight is 255 g/mol. The topological polar surface area (TPSA) is 12.0 Å². The summed E-state index contributed by atoms with van der Waals surface area (Å²) in [5, 5.41) is 3.48. The molecule has 0 aliphatic carbocycles. The lowest BCUT2D eigenvalue weighted by molar-refractivity contribution is 0.356. The molecule has 1 heteroatoms. The Morgan fingerprint density at radius 3 is 1.72 bits per heavy atom. The van der Waals surface area contributed by atoms with E-state index >= 15 is 0 Å². The van der Waals surface area contributed by atoms with Gasteiger partial charge in [0, 0.05) is 6.04 Å². The van der Waals surface area contributed by atoms with Crippen LogP contribution in [-0.2, 0) is 0 Å². The lowest BCUT2D eigenvalue weighted by atomic mass is 9.94. The molecule has 0 aromatic carbocycles. The van der Waals surface area contributed by atoms with Crippen LogP contribution in [-0.4, -0.2) is 13.1 Å². The molecule has 0 bridgehead atoms. The van der Waals surface area contributed by atoms with E-state index in [0.717, 1.165) is 12.0 Å². The minimum Gasteiger partial charge on any atom is -0.317 e. The van der Waals surface area contributed by atoms with Crippen LogP contribution in [0.3, 0.4) is 0 Å². The van der Waals surface area contributed by atoms with Gasteiger partial charge in [-0.2, -0.15) is 0 Å². The molecule has 0 heterocycles. The van der Waals surface area contributed by atoms with Crippen LogP contribution < -0.4 is 5.32 Å². The van der Waals surface area contributed by atoms with Crippen molar-refractivity contribution >= 4 is 0 Å².